The van der Waals surface area contributed by atoms with Gasteiger partial charge in [-0.3, -0.25) is 10.1 Å². The number of sulfone groups is 1. The van der Waals surface area contributed by atoms with E-state index in [9.17, 15) is 13.2 Å². The number of aliphatic hydroxyl groups excluding tert-OH is 1. The van der Waals surface area contributed by atoms with Crippen LogP contribution in [0.4, 0.5) is 10.9 Å². The maximum atomic E-state index is 13.2. The SMILES string of the molecule is O=C(Nc1nc2ccc(NCCO)nc2s1)/C(=N/O[C@@H]1CCOC1)c1ccc(S(=O)(=O)C2CC2)cc1. The largest absolute Gasteiger partial charge is 0.395 e. The maximum Gasteiger partial charge on any atom is 0.280 e. The van der Waals surface area contributed by atoms with E-state index in [0.29, 0.717) is 65.9 Å². The van der Waals surface area contributed by atoms with Crippen molar-refractivity contribution in [3.63, 3.8) is 0 Å². The van der Waals surface area contributed by atoms with Gasteiger partial charge in [0.05, 0.1) is 30.0 Å². The number of nitrogens with one attached hydrogen (secondary N) is 2. The molecule has 0 spiro atoms. The van der Waals surface area contributed by atoms with Crippen molar-refractivity contribution in [3.8, 4) is 0 Å². The van der Waals surface area contributed by atoms with Crippen LogP contribution < -0.4 is 10.6 Å². The predicted molar refractivity (Wildman–Crippen MR) is 135 cm³/mol. The Labute approximate surface area is 211 Å². The van der Waals surface area contributed by atoms with Gasteiger partial charge in [0, 0.05) is 18.5 Å². The van der Waals surface area contributed by atoms with Crippen molar-refractivity contribution in [3.05, 3.63) is 42.0 Å². The lowest BCUT2D eigenvalue weighted by atomic mass is 10.1. The average Bonchev–Trinajstić information content (AvgIpc) is 3.48. The average molecular weight is 532 g/mol. The first-order chi connectivity index (χ1) is 17.4. The molecule has 2 fully saturated rings. The third-order valence-electron chi connectivity index (χ3n) is 5.71. The Morgan fingerprint density at radius 3 is 2.67 bits per heavy atom. The van der Waals surface area contributed by atoms with Crippen LogP contribution >= 0.6 is 11.3 Å². The lowest BCUT2D eigenvalue weighted by Gasteiger charge is -2.10. The summed E-state index contributed by atoms with van der Waals surface area (Å²) >= 11 is 1.19. The lowest BCUT2D eigenvalue weighted by molar-refractivity contribution is -0.110. The van der Waals surface area contributed by atoms with Crippen LogP contribution in [0.25, 0.3) is 10.3 Å². The lowest BCUT2D eigenvalue weighted by Crippen LogP contribution is -2.25. The van der Waals surface area contributed by atoms with Crippen LogP contribution in [0, 0.1) is 0 Å². The standard InChI is InChI=1S/C23H25N5O6S2/c29-11-10-24-19-8-7-18-22(26-19)35-23(25-18)27-21(30)20(28-34-15-9-12-33-13-15)14-1-3-16(4-2-14)36(31,32)17-5-6-17/h1-4,7-8,15,17,29H,5-6,9-13H2,(H,24,26)(H,25,27,30)/b28-20+/t15-/m1/s1. The molecule has 5 rings (SSSR count). The second-order valence-electron chi connectivity index (χ2n) is 8.44. The molecule has 1 atom stereocenters. The summed E-state index contributed by atoms with van der Waals surface area (Å²) < 4.78 is 30.4. The summed E-state index contributed by atoms with van der Waals surface area (Å²) in [4.78, 5) is 28.5. The highest BCUT2D eigenvalue weighted by molar-refractivity contribution is 7.92. The summed E-state index contributed by atoms with van der Waals surface area (Å²) in [5.41, 5.74) is 1.02. The van der Waals surface area contributed by atoms with Crippen LogP contribution in [0.15, 0.2) is 46.4 Å². The van der Waals surface area contributed by atoms with E-state index >= 15 is 0 Å². The van der Waals surface area contributed by atoms with Gasteiger partial charge < -0.3 is 20.0 Å². The number of nitrogens with zero attached hydrogens (tertiary/aromatic N) is 3. The van der Waals surface area contributed by atoms with Crippen molar-refractivity contribution in [2.75, 3.05) is 37.0 Å². The highest BCUT2D eigenvalue weighted by Crippen LogP contribution is 2.33. The van der Waals surface area contributed by atoms with E-state index in [1.54, 1.807) is 24.3 Å². The summed E-state index contributed by atoms with van der Waals surface area (Å²) in [6.45, 7) is 1.29. The molecular formula is C23H25N5O6S2. The number of rotatable bonds is 10. The Balaban J connectivity index is 1.38. The topological polar surface area (TPSA) is 152 Å². The number of carbonyl (C=O) groups is 1. The molecule has 1 amide bonds. The third kappa shape index (κ3) is 5.48. The molecule has 1 aromatic carbocycles. The van der Waals surface area contributed by atoms with Gasteiger partial charge in [-0.2, -0.15) is 0 Å². The first kappa shape index (κ1) is 24.6. The van der Waals surface area contributed by atoms with Crippen molar-refractivity contribution in [2.24, 2.45) is 5.16 Å². The number of carbonyl (C=O) groups excluding carboxylic acids is 1. The normalized spacial score (nSPS) is 18.4. The third-order valence-corrected chi connectivity index (χ3v) is 8.87. The van der Waals surface area contributed by atoms with Crippen LogP contribution in [0.2, 0.25) is 0 Å². The molecule has 1 saturated heterocycles. The van der Waals surface area contributed by atoms with Crippen LogP contribution in [0.1, 0.15) is 24.8 Å². The monoisotopic (exact) mass is 531 g/mol. The Hall–Kier alpha value is -3.13. The molecule has 0 unspecified atom stereocenters. The van der Waals surface area contributed by atoms with E-state index < -0.39 is 15.7 Å². The number of hydrogen-bond donors (Lipinski definition) is 3. The van der Waals surface area contributed by atoms with E-state index in [-0.39, 0.29) is 28.6 Å². The number of amides is 1. The zero-order chi connectivity index (χ0) is 25.1. The van der Waals surface area contributed by atoms with E-state index in [0.717, 1.165) is 0 Å². The minimum atomic E-state index is -3.35. The maximum absolute atomic E-state index is 13.2. The molecule has 190 valence electrons. The first-order valence-electron chi connectivity index (χ1n) is 11.5. The van der Waals surface area contributed by atoms with Crippen LogP contribution in [0.5, 0.6) is 0 Å². The number of aromatic nitrogens is 2. The fraction of sp³-hybridized carbons (Fsp3) is 0.391. The summed E-state index contributed by atoms with van der Waals surface area (Å²) in [6.07, 6.45) is 1.74. The molecule has 2 aliphatic rings. The van der Waals surface area contributed by atoms with Gasteiger partial charge in [-0.1, -0.05) is 28.6 Å². The highest BCUT2D eigenvalue weighted by Gasteiger charge is 2.36. The number of aliphatic hydroxyl groups is 1. The molecule has 13 heteroatoms. The quantitative estimate of drug-likeness (QED) is 0.264. The van der Waals surface area contributed by atoms with E-state index in [1.807, 2.05) is 0 Å². The zero-order valence-electron chi connectivity index (χ0n) is 19.2. The molecular weight excluding hydrogens is 506 g/mol. The molecule has 11 nitrogen and oxygen atoms in total. The molecule has 36 heavy (non-hydrogen) atoms. The van der Waals surface area contributed by atoms with Gasteiger partial charge in [0.25, 0.3) is 5.91 Å². The van der Waals surface area contributed by atoms with Gasteiger partial charge in [0.2, 0.25) is 0 Å². The van der Waals surface area contributed by atoms with Crippen LogP contribution in [0.3, 0.4) is 0 Å². The van der Waals surface area contributed by atoms with Crippen LogP contribution in [-0.4, -0.2) is 72.8 Å². The summed E-state index contributed by atoms with van der Waals surface area (Å²) in [7, 11) is -3.35. The number of pyridine rings is 1. The molecule has 1 aliphatic heterocycles. The molecule has 2 aromatic heterocycles. The van der Waals surface area contributed by atoms with Gasteiger partial charge in [-0.05, 0) is 37.1 Å². The molecule has 1 saturated carbocycles. The zero-order valence-corrected chi connectivity index (χ0v) is 20.8. The second-order valence-corrected chi connectivity index (χ2v) is 11.6. The number of ether oxygens (including phenoxy) is 1. The van der Waals surface area contributed by atoms with Crippen molar-refractivity contribution >= 4 is 54.1 Å². The van der Waals surface area contributed by atoms with E-state index in [4.69, 9.17) is 14.7 Å². The van der Waals surface area contributed by atoms with Crippen molar-refractivity contribution in [1.29, 1.82) is 0 Å². The number of benzene rings is 1. The molecule has 0 radical (unpaired) electrons. The summed E-state index contributed by atoms with van der Waals surface area (Å²) in [6, 6.07) is 9.61. The van der Waals surface area contributed by atoms with Gasteiger partial charge in [0.1, 0.15) is 16.2 Å². The summed E-state index contributed by atoms with van der Waals surface area (Å²) in [5, 5.41) is 18.8. The highest BCUT2D eigenvalue weighted by atomic mass is 32.2. The first-order valence-corrected chi connectivity index (χ1v) is 13.9. The predicted octanol–water partition coefficient (Wildman–Crippen LogP) is 2.18. The fourth-order valence-electron chi connectivity index (χ4n) is 3.63. The Bertz CT molecular complexity index is 1380. The molecule has 0 bridgehead atoms. The Kier molecular flexibility index (Phi) is 7.14. The van der Waals surface area contributed by atoms with Crippen molar-refractivity contribution in [1.82, 2.24) is 9.97 Å². The number of thiazole rings is 1. The molecule has 3 heterocycles. The minimum absolute atomic E-state index is 0.00483. The molecule has 3 N–H and O–H groups in total. The number of oxime groups is 1. The van der Waals surface area contributed by atoms with Gasteiger partial charge >= 0.3 is 0 Å². The van der Waals surface area contributed by atoms with Gasteiger partial charge in [0.15, 0.2) is 26.8 Å². The molecule has 1 aliphatic carbocycles. The molecule has 3 aromatic rings. The number of hydrogen-bond acceptors (Lipinski definition) is 11. The van der Waals surface area contributed by atoms with Crippen LogP contribution in [-0.2, 0) is 24.2 Å². The second kappa shape index (κ2) is 10.5. The van der Waals surface area contributed by atoms with Gasteiger partial charge in [-0.25, -0.2) is 18.4 Å². The smallest absolute Gasteiger partial charge is 0.280 e. The minimum Gasteiger partial charge on any atom is -0.395 e. The number of anilines is 2. The fourth-order valence-corrected chi connectivity index (χ4v) is 6.12. The van der Waals surface area contributed by atoms with Crippen molar-refractivity contribution < 1.29 is 27.9 Å². The van der Waals surface area contributed by atoms with E-state index in [2.05, 4.69) is 25.8 Å². The Morgan fingerprint density at radius 2 is 1.97 bits per heavy atom. The van der Waals surface area contributed by atoms with Gasteiger partial charge in [-0.15, -0.1) is 0 Å². The van der Waals surface area contributed by atoms with Crippen molar-refractivity contribution in [2.45, 2.75) is 35.5 Å². The summed E-state index contributed by atoms with van der Waals surface area (Å²) in [5.74, 6) is 0.0400. The number of fused-ring (bicyclic) bond motifs is 1. The van der Waals surface area contributed by atoms with E-state index in [1.165, 1.54) is 23.5 Å². The Morgan fingerprint density at radius 1 is 1.17 bits per heavy atom.